The van der Waals surface area contributed by atoms with Gasteiger partial charge in [-0.2, -0.15) is 0 Å². The van der Waals surface area contributed by atoms with Gasteiger partial charge in [0.25, 0.3) is 0 Å². The van der Waals surface area contributed by atoms with Crippen LogP contribution in [0.4, 0.5) is 8.78 Å². The van der Waals surface area contributed by atoms with Gasteiger partial charge in [0.05, 0.1) is 0 Å². The van der Waals surface area contributed by atoms with Crippen molar-refractivity contribution in [1.29, 1.82) is 0 Å². The normalized spacial score (nSPS) is 19.0. The van der Waals surface area contributed by atoms with Crippen LogP contribution in [0.1, 0.15) is 81.4 Å². The second-order valence-corrected chi connectivity index (χ2v) is 10.7. The highest BCUT2D eigenvalue weighted by Crippen LogP contribution is 2.37. The summed E-state index contributed by atoms with van der Waals surface area (Å²) in [5.41, 5.74) is 4.42. The van der Waals surface area contributed by atoms with E-state index in [0.29, 0.717) is 24.3 Å². The average molecular weight is 487 g/mol. The third-order valence-corrected chi connectivity index (χ3v) is 8.09. The van der Waals surface area contributed by atoms with E-state index in [4.69, 9.17) is 0 Å². The number of benzene rings is 3. The molecule has 0 bridgehead atoms. The van der Waals surface area contributed by atoms with Gasteiger partial charge in [-0.05, 0) is 91.2 Å². The van der Waals surface area contributed by atoms with Crippen LogP contribution < -0.4 is 0 Å². The fourth-order valence-corrected chi connectivity index (χ4v) is 5.81. The summed E-state index contributed by atoms with van der Waals surface area (Å²) in [5, 5.41) is 0. The maximum atomic E-state index is 14.5. The van der Waals surface area contributed by atoms with Gasteiger partial charge in [-0.15, -0.1) is 0 Å². The monoisotopic (exact) mass is 486 g/mol. The summed E-state index contributed by atoms with van der Waals surface area (Å²) in [4.78, 5) is 0. The van der Waals surface area contributed by atoms with Crippen molar-refractivity contribution < 1.29 is 8.78 Å². The molecule has 36 heavy (non-hydrogen) atoms. The van der Waals surface area contributed by atoms with Gasteiger partial charge in [0.15, 0.2) is 0 Å². The van der Waals surface area contributed by atoms with Crippen molar-refractivity contribution in [3.63, 3.8) is 0 Å². The molecule has 1 saturated carbocycles. The minimum Gasteiger partial charge on any atom is -0.207 e. The zero-order valence-electron chi connectivity index (χ0n) is 21.9. The standard InChI is InChI=1S/C34H40F2/c1-3-4-6-11-32-33(35)23-31(24-34(32)36)30-20-18-27(19-21-30)13-12-26-14-16-28(17-15-26)22-25(2)29-9-7-5-8-10-29/h3-5,7-10,18-21,23-26,28H,6,11-17,22H2,1-2H3/b4-3+/t25-,26?,28?/m0/s1. The van der Waals surface area contributed by atoms with Crippen LogP contribution >= 0.6 is 0 Å². The fraction of sp³-hybridized carbons (Fsp3) is 0.412. The lowest BCUT2D eigenvalue weighted by atomic mass is 9.75. The van der Waals surface area contributed by atoms with Crippen molar-refractivity contribution in [3.8, 4) is 11.1 Å². The summed E-state index contributed by atoms with van der Waals surface area (Å²) < 4.78 is 29.1. The van der Waals surface area contributed by atoms with Gasteiger partial charge in [0, 0.05) is 5.56 Å². The Hall–Kier alpha value is -2.74. The number of allylic oxidation sites excluding steroid dienone is 2. The summed E-state index contributed by atoms with van der Waals surface area (Å²) in [6.07, 6.45) is 13.8. The van der Waals surface area contributed by atoms with Crippen LogP contribution in [0.5, 0.6) is 0 Å². The van der Waals surface area contributed by atoms with Crippen LogP contribution in [0.15, 0.2) is 78.9 Å². The van der Waals surface area contributed by atoms with Gasteiger partial charge < -0.3 is 0 Å². The Morgan fingerprint density at radius 1 is 0.806 bits per heavy atom. The summed E-state index contributed by atoms with van der Waals surface area (Å²) >= 11 is 0. The largest absolute Gasteiger partial charge is 0.207 e. The van der Waals surface area contributed by atoms with E-state index in [1.807, 2.05) is 31.2 Å². The lowest BCUT2D eigenvalue weighted by molar-refractivity contribution is 0.245. The van der Waals surface area contributed by atoms with E-state index < -0.39 is 11.6 Å². The van der Waals surface area contributed by atoms with E-state index in [-0.39, 0.29) is 5.56 Å². The molecule has 2 heteroatoms. The van der Waals surface area contributed by atoms with Crippen LogP contribution in [0.25, 0.3) is 11.1 Å². The second-order valence-electron chi connectivity index (χ2n) is 10.7. The highest BCUT2D eigenvalue weighted by atomic mass is 19.1. The maximum Gasteiger partial charge on any atom is 0.129 e. The van der Waals surface area contributed by atoms with E-state index in [1.54, 1.807) is 0 Å². The van der Waals surface area contributed by atoms with E-state index in [1.165, 1.54) is 61.8 Å². The first-order chi connectivity index (χ1) is 17.5. The lowest BCUT2D eigenvalue weighted by Gasteiger charge is -2.30. The molecule has 0 aliphatic heterocycles. The van der Waals surface area contributed by atoms with Crippen molar-refractivity contribution in [2.45, 2.75) is 77.6 Å². The predicted octanol–water partition coefficient (Wildman–Crippen LogP) is 10.1. The van der Waals surface area contributed by atoms with Crippen molar-refractivity contribution in [1.82, 2.24) is 0 Å². The van der Waals surface area contributed by atoms with E-state index in [0.717, 1.165) is 23.8 Å². The van der Waals surface area contributed by atoms with Gasteiger partial charge in [-0.25, -0.2) is 8.78 Å². The minimum atomic E-state index is -0.452. The van der Waals surface area contributed by atoms with Gasteiger partial charge in [-0.3, -0.25) is 0 Å². The Morgan fingerprint density at radius 2 is 1.44 bits per heavy atom. The van der Waals surface area contributed by atoms with Crippen molar-refractivity contribution >= 4 is 0 Å². The molecule has 0 spiro atoms. The lowest BCUT2D eigenvalue weighted by Crippen LogP contribution is -2.16. The Kier molecular flexibility index (Phi) is 9.50. The van der Waals surface area contributed by atoms with Crippen LogP contribution in [-0.4, -0.2) is 0 Å². The van der Waals surface area contributed by atoms with E-state index in [9.17, 15) is 8.78 Å². The first-order valence-corrected chi connectivity index (χ1v) is 13.8. The van der Waals surface area contributed by atoms with Crippen molar-refractivity contribution in [3.05, 3.63) is 107 Å². The maximum absolute atomic E-state index is 14.5. The Balaban J connectivity index is 1.25. The van der Waals surface area contributed by atoms with Gasteiger partial charge in [0.1, 0.15) is 11.6 Å². The van der Waals surface area contributed by atoms with Crippen molar-refractivity contribution in [2.24, 2.45) is 11.8 Å². The Labute approximate surface area is 216 Å². The average Bonchev–Trinajstić information content (AvgIpc) is 2.90. The highest BCUT2D eigenvalue weighted by Gasteiger charge is 2.23. The first kappa shape index (κ1) is 26.3. The number of rotatable bonds is 10. The molecule has 0 saturated heterocycles. The van der Waals surface area contributed by atoms with E-state index in [2.05, 4.69) is 49.4 Å². The number of hydrogen-bond donors (Lipinski definition) is 0. The molecule has 1 fully saturated rings. The molecule has 190 valence electrons. The molecule has 0 aromatic heterocycles. The third-order valence-electron chi connectivity index (χ3n) is 8.09. The molecule has 0 nitrogen and oxygen atoms in total. The molecule has 0 heterocycles. The van der Waals surface area contributed by atoms with Crippen molar-refractivity contribution in [2.75, 3.05) is 0 Å². The van der Waals surface area contributed by atoms with Crippen LogP contribution in [0.3, 0.4) is 0 Å². The van der Waals surface area contributed by atoms with E-state index >= 15 is 0 Å². The molecular weight excluding hydrogens is 446 g/mol. The van der Waals surface area contributed by atoms with Crippen LogP contribution in [0, 0.1) is 23.5 Å². The zero-order valence-corrected chi connectivity index (χ0v) is 21.9. The van der Waals surface area contributed by atoms with Crippen LogP contribution in [0.2, 0.25) is 0 Å². The van der Waals surface area contributed by atoms with Crippen LogP contribution in [-0.2, 0) is 12.8 Å². The molecule has 0 N–H and O–H groups in total. The SMILES string of the molecule is C/C=C/CCc1c(F)cc(-c2ccc(CCC3CCC(C[C@H](C)c4ccccc4)CC3)cc2)cc1F. The molecule has 1 aliphatic carbocycles. The molecule has 4 rings (SSSR count). The molecule has 1 aliphatic rings. The summed E-state index contributed by atoms with van der Waals surface area (Å²) in [7, 11) is 0. The zero-order chi connectivity index (χ0) is 25.3. The van der Waals surface area contributed by atoms with Gasteiger partial charge in [0.2, 0.25) is 0 Å². The molecule has 3 aromatic carbocycles. The highest BCUT2D eigenvalue weighted by molar-refractivity contribution is 5.64. The quantitative estimate of drug-likeness (QED) is 0.250. The minimum absolute atomic E-state index is 0.178. The Morgan fingerprint density at radius 3 is 2.08 bits per heavy atom. The smallest absolute Gasteiger partial charge is 0.129 e. The predicted molar refractivity (Wildman–Crippen MR) is 148 cm³/mol. The van der Waals surface area contributed by atoms with Gasteiger partial charge >= 0.3 is 0 Å². The molecule has 0 unspecified atom stereocenters. The Bertz CT molecular complexity index is 1080. The number of halogens is 2. The summed E-state index contributed by atoms with van der Waals surface area (Å²) in [6.45, 7) is 4.28. The van der Waals surface area contributed by atoms with Gasteiger partial charge in [-0.1, -0.05) is 99.4 Å². The molecule has 0 amide bonds. The summed E-state index contributed by atoms with van der Waals surface area (Å²) in [6, 6.07) is 22.1. The number of aryl methyl sites for hydroxylation is 1. The second kappa shape index (κ2) is 13.0. The fourth-order valence-electron chi connectivity index (χ4n) is 5.81. The molecular formula is C34H40F2. The first-order valence-electron chi connectivity index (χ1n) is 13.8. The number of hydrogen-bond acceptors (Lipinski definition) is 0. The topological polar surface area (TPSA) is 0 Å². The molecule has 3 aromatic rings. The summed E-state index contributed by atoms with van der Waals surface area (Å²) in [5.74, 6) is 1.40. The molecule has 1 atom stereocenters. The molecule has 0 radical (unpaired) electrons. The third kappa shape index (κ3) is 7.15.